The van der Waals surface area contributed by atoms with Crippen molar-refractivity contribution in [3.63, 3.8) is 0 Å². The minimum Gasteiger partial charge on any atom is -0.394 e. The highest BCUT2D eigenvalue weighted by molar-refractivity contribution is 5.94. The van der Waals surface area contributed by atoms with Gasteiger partial charge in [0.25, 0.3) is 5.91 Å². The van der Waals surface area contributed by atoms with Crippen LogP contribution in [0.5, 0.6) is 0 Å². The minimum absolute atomic E-state index is 0.0504. The van der Waals surface area contributed by atoms with E-state index in [1.807, 2.05) is 31.1 Å². The Labute approximate surface area is 107 Å². The summed E-state index contributed by atoms with van der Waals surface area (Å²) in [6, 6.07) is 7.30. The molecule has 5 heteroatoms. The van der Waals surface area contributed by atoms with Gasteiger partial charge in [0, 0.05) is 18.7 Å². The van der Waals surface area contributed by atoms with E-state index in [2.05, 4.69) is 5.32 Å². The average Bonchev–Trinajstić information content (AvgIpc) is 2.35. The SMILES string of the molecule is CN(C)Cc1ccc(C(=O)NCC(O)CO)cc1. The molecule has 1 rings (SSSR count). The molecule has 0 saturated heterocycles. The summed E-state index contributed by atoms with van der Waals surface area (Å²) in [7, 11) is 3.97. The van der Waals surface area contributed by atoms with Gasteiger partial charge >= 0.3 is 0 Å². The lowest BCUT2D eigenvalue weighted by Crippen LogP contribution is -2.33. The van der Waals surface area contributed by atoms with E-state index in [0.29, 0.717) is 5.56 Å². The molecule has 0 radical (unpaired) electrons. The third-order valence-electron chi connectivity index (χ3n) is 2.42. The number of amides is 1. The third kappa shape index (κ3) is 4.83. The first-order valence-corrected chi connectivity index (χ1v) is 5.83. The molecular formula is C13H20N2O3. The number of hydrogen-bond donors (Lipinski definition) is 3. The number of aliphatic hydroxyl groups excluding tert-OH is 2. The maximum atomic E-state index is 11.7. The van der Waals surface area contributed by atoms with Gasteiger partial charge in [-0.15, -0.1) is 0 Å². The predicted octanol–water partition coefficient (Wildman–Crippen LogP) is -0.169. The molecule has 18 heavy (non-hydrogen) atoms. The molecule has 1 unspecified atom stereocenters. The van der Waals surface area contributed by atoms with Gasteiger partial charge in [0.05, 0.1) is 12.7 Å². The third-order valence-corrected chi connectivity index (χ3v) is 2.42. The molecule has 1 aromatic carbocycles. The Balaban J connectivity index is 2.53. The summed E-state index contributed by atoms with van der Waals surface area (Å²) < 4.78 is 0. The Morgan fingerprint density at radius 2 is 1.94 bits per heavy atom. The largest absolute Gasteiger partial charge is 0.394 e. The Morgan fingerprint density at radius 1 is 1.33 bits per heavy atom. The molecule has 0 heterocycles. The quantitative estimate of drug-likeness (QED) is 0.657. The molecule has 0 saturated carbocycles. The van der Waals surface area contributed by atoms with Crippen molar-refractivity contribution in [3.05, 3.63) is 35.4 Å². The second kappa shape index (κ2) is 7.10. The van der Waals surface area contributed by atoms with Crippen molar-refractivity contribution < 1.29 is 15.0 Å². The topological polar surface area (TPSA) is 72.8 Å². The highest BCUT2D eigenvalue weighted by atomic mass is 16.3. The average molecular weight is 252 g/mol. The molecule has 0 aromatic heterocycles. The molecule has 3 N–H and O–H groups in total. The first kappa shape index (κ1) is 14.6. The molecule has 1 amide bonds. The van der Waals surface area contributed by atoms with Crippen molar-refractivity contribution in [3.8, 4) is 0 Å². The van der Waals surface area contributed by atoms with Crippen LogP contribution >= 0.6 is 0 Å². The van der Waals surface area contributed by atoms with Crippen LogP contribution in [0.3, 0.4) is 0 Å². The van der Waals surface area contributed by atoms with Crippen LogP contribution in [0.1, 0.15) is 15.9 Å². The van der Waals surface area contributed by atoms with Gasteiger partial charge in [0.1, 0.15) is 0 Å². The van der Waals surface area contributed by atoms with Crippen LogP contribution in [-0.4, -0.2) is 54.4 Å². The van der Waals surface area contributed by atoms with E-state index in [4.69, 9.17) is 10.2 Å². The fraction of sp³-hybridized carbons (Fsp3) is 0.462. The fourth-order valence-electron chi connectivity index (χ4n) is 1.50. The molecular weight excluding hydrogens is 232 g/mol. The zero-order valence-electron chi connectivity index (χ0n) is 10.8. The number of nitrogens with zero attached hydrogens (tertiary/aromatic N) is 1. The minimum atomic E-state index is -0.915. The van der Waals surface area contributed by atoms with Gasteiger partial charge in [-0.3, -0.25) is 4.79 Å². The van der Waals surface area contributed by atoms with E-state index >= 15 is 0 Å². The molecule has 0 aliphatic rings. The molecule has 0 bridgehead atoms. The van der Waals surface area contributed by atoms with Gasteiger partial charge in [0.2, 0.25) is 0 Å². The van der Waals surface area contributed by atoms with Crippen LogP contribution < -0.4 is 5.32 Å². The zero-order chi connectivity index (χ0) is 13.5. The zero-order valence-corrected chi connectivity index (χ0v) is 10.8. The van der Waals surface area contributed by atoms with E-state index in [1.54, 1.807) is 12.1 Å². The van der Waals surface area contributed by atoms with Crippen LogP contribution in [0.15, 0.2) is 24.3 Å². The summed E-state index contributed by atoms with van der Waals surface area (Å²) in [5, 5.41) is 20.3. The van der Waals surface area contributed by atoms with E-state index in [1.165, 1.54) is 0 Å². The standard InChI is InChI=1S/C13H20N2O3/c1-15(2)8-10-3-5-11(6-4-10)13(18)14-7-12(17)9-16/h3-6,12,16-17H,7-9H2,1-2H3,(H,14,18). The van der Waals surface area contributed by atoms with Crippen LogP contribution in [0.4, 0.5) is 0 Å². The Morgan fingerprint density at radius 3 is 2.44 bits per heavy atom. The second-order valence-corrected chi connectivity index (χ2v) is 4.48. The molecule has 1 atom stereocenters. The summed E-state index contributed by atoms with van der Waals surface area (Å²) in [4.78, 5) is 13.7. The van der Waals surface area contributed by atoms with E-state index in [-0.39, 0.29) is 19.1 Å². The van der Waals surface area contributed by atoms with Gasteiger partial charge in [-0.25, -0.2) is 0 Å². The summed E-state index contributed by atoms with van der Waals surface area (Å²) in [5.41, 5.74) is 1.68. The first-order valence-electron chi connectivity index (χ1n) is 5.83. The number of rotatable bonds is 6. The van der Waals surface area contributed by atoms with Crippen LogP contribution in [0, 0.1) is 0 Å². The van der Waals surface area contributed by atoms with Crippen molar-refractivity contribution in [1.82, 2.24) is 10.2 Å². The van der Waals surface area contributed by atoms with Gasteiger partial charge in [-0.05, 0) is 31.8 Å². The van der Waals surface area contributed by atoms with Gasteiger partial charge in [0.15, 0.2) is 0 Å². The Bertz CT molecular complexity index is 376. The molecule has 0 aliphatic heterocycles. The monoisotopic (exact) mass is 252 g/mol. The Hall–Kier alpha value is -1.43. The smallest absolute Gasteiger partial charge is 0.251 e. The number of carbonyl (C=O) groups is 1. The lowest BCUT2D eigenvalue weighted by Gasteiger charge is -2.11. The summed E-state index contributed by atoms with van der Waals surface area (Å²) >= 11 is 0. The normalized spacial score (nSPS) is 12.5. The maximum Gasteiger partial charge on any atom is 0.251 e. The number of nitrogens with one attached hydrogen (secondary N) is 1. The summed E-state index contributed by atoms with van der Waals surface area (Å²) in [6.45, 7) is 0.516. The molecule has 1 aromatic rings. The summed E-state index contributed by atoms with van der Waals surface area (Å²) in [6.07, 6.45) is -0.915. The lowest BCUT2D eigenvalue weighted by atomic mass is 10.1. The first-order chi connectivity index (χ1) is 8.52. The molecule has 0 fully saturated rings. The predicted molar refractivity (Wildman–Crippen MR) is 69.3 cm³/mol. The molecule has 0 aliphatic carbocycles. The number of hydrogen-bond acceptors (Lipinski definition) is 4. The number of aliphatic hydroxyl groups is 2. The van der Waals surface area contributed by atoms with Gasteiger partial charge in [-0.1, -0.05) is 12.1 Å². The highest BCUT2D eigenvalue weighted by Gasteiger charge is 2.08. The van der Waals surface area contributed by atoms with Gasteiger partial charge < -0.3 is 20.4 Å². The van der Waals surface area contributed by atoms with E-state index in [0.717, 1.165) is 12.1 Å². The number of carbonyl (C=O) groups excluding carboxylic acids is 1. The van der Waals surface area contributed by atoms with E-state index < -0.39 is 6.10 Å². The Kier molecular flexibility index (Phi) is 5.77. The molecule has 100 valence electrons. The number of benzene rings is 1. The van der Waals surface area contributed by atoms with Crippen LogP contribution in [0.2, 0.25) is 0 Å². The van der Waals surface area contributed by atoms with Crippen molar-refractivity contribution in [2.45, 2.75) is 12.6 Å². The van der Waals surface area contributed by atoms with E-state index in [9.17, 15) is 4.79 Å². The molecule has 5 nitrogen and oxygen atoms in total. The molecule has 0 spiro atoms. The van der Waals surface area contributed by atoms with Crippen molar-refractivity contribution >= 4 is 5.91 Å². The van der Waals surface area contributed by atoms with Crippen LogP contribution in [0.25, 0.3) is 0 Å². The van der Waals surface area contributed by atoms with Crippen LogP contribution in [-0.2, 0) is 6.54 Å². The second-order valence-electron chi connectivity index (χ2n) is 4.48. The highest BCUT2D eigenvalue weighted by Crippen LogP contribution is 2.06. The maximum absolute atomic E-state index is 11.7. The lowest BCUT2D eigenvalue weighted by molar-refractivity contribution is 0.0802. The van der Waals surface area contributed by atoms with Gasteiger partial charge in [-0.2, -0.15) is 0 Å². The van der Waals surface area contributed by atoms with Crippen molar-refractivity contribution in [1.29, 1.82) is 0 Å². The van der Waals surface area contributed by atoms with Crippen molar-refractivity contribution in [2.75, 3.05) is 27.2 Å². The van der Waals surface area contributed by atoms with Crippen molar-refractivity contribution in [2.24, 2.45) is 0 Å². The fourth-order valence-corrected chi connectivity index (χ4v) is 1.50. The summed E-state index contributed by atoms with van der Waals surface area (Å²) in [5.74, 6) is -0.251.